The van der Waals surface area contributed by atoms with Crippen LogP contribution in [0, 0.1) is 0 Å². The smallest absolute Gasteiger partial charge is 0.323 e. The number of halogens is 3. The summed E-state index contributed by atoms with van der Waals surface area (Å²) < 4.78 is 26.8. The van der Waals surface area contributed by atoms with E-state index in [1.807, 2.05) is 13.8 Å². The van der Waals surface area contributed by atoms with E-state index >= 15 is 0 Å². The van der Waals surface area contributed by atoms with Crippen molar-refractivity contribution in [3.05, 3.63) is 38.9 Å². The number of hydrogen-bond acceptors (Lipinski definition) is 4. The van der Waals surface area contributed by atoms with Crippen molar-refractivity contribution in [3.8, 4) is 0 Å². The monoisotopic (exact) mass is 453 g/mol. The maximum atomic E-state index is 12.8. The lowest BCUT2D eigenvalue weighted by Crippen LogP contribution is -2.34. The lowest BCUT2D eigenvalue weighted by atomic mass is 10.4. The first-order valence-corrected chi connectivity index (χ1v) is 10.00. The Morgan fingerprint density at radius 1 is 1.29 bits per heavy atom. The first kappa shape index (κ1) is 19.2. The number of aromatic nitrogens is 2. The van der Waals surface area contributed by atoms with Crippen LogP contribution in [-0.2, 0) is 9.84 Å². The van der Waals surface area contributed by atoms with E-state index in [0.717, 1.165) is 4.68 Å². The molecule has 0 saturated heterocycles. The Labute approximate surface area is 158 Å². The molecule has 0 bridgehead atoms. The summed E-state index contributed by atoms with van der Waals surface area (Å²) in [6.45, 7) is 4.61. The van der Waals surface area contributed by atoms with E-state index < -0.39 is 15.9 Å². The summed E-state index contributed by atoms with van der Waals surface area (Å²) in [6.07, 6.45) is 1.31. The van der Waals surface area contributed by atoms with Gasteiger partial charge in [0.25, 0.3) is 0 Å². The van der Waals surface area contributed by atoms with Crippen molar-refractivity contribution >= 4 is 55.0 Å². The standard InChI is InChI=1S/C14H14BrCl2N3O3S/c1-3-19(4-2)14(21)20-8-10(15)13(18-20)24(22,23)12-7-9(16)5-6-11(12)17/h5-8H,3-4H2,1-2H3. The first-order chi connectivity index (χ1) is 11.2. The van der Waals surface area contributed by atoms with Gasteiger partial charge in [0.15, 0.2) is 5.03 Å². The number of amides is 1. The molecule has 0 fully saturated rings. The number of sulfone groups is 1. The minimum Gasteiger partial charge on any atom is -0.323 e. The zero-order valence-corrected chi connectivity index (χ0v) is 16.7. The van der Waals surface area contributed by atoms with Gasteiger partial charge in [-0.3, -0.25) is 0 Å². The minimum absolute atomic E-state index is 0.0240. The second-order valence-corrected chi connectivity index (χ2v) is 8.29. The summed E-state index contributed by atoms with van der Waals surface area (Å²) in [5, 5.41) is 3.89. The molecule has 0 saturated carbocycles. The molecule has 0 spiro atoms. The molecule has 0 N–H and O–H groups in total. The Kier molecular flexibility index (Phi) is 5.95. The van der Waals surface area contributed by atoms with Gasteiger partial charge in [-0.2, -0.15) is 9.78 Å². The van der Waals surface area contributed by atoms with Crippen LogP contribution in [0.15, 0.2) is 38.8 Å². The maximum absolute atomic E-state index is 12.8. The van der Waals surface area contributed by atoms with E-state index in [4.69, 9.17) is 23.2 Å². The zero-order valence-electron chi connectivity index (χ0n) is 12.8. The molecule has 2 rings (SSSR count). The van der Waals surface area contributed by atoms with E-state index in [9.17, 15) is 13.2 Å². The molecular formula is C14H14BrCl2N3O3S. The highest BCUT2D eigenvalue weighted by molar-refractivity contribution is 9.10. The largest absolute Gasteiger partial charge is 0.344 e. The average molecular weight is 455 g/mol. The number of hydrogen-bond donors (Lipinski definition) is 0. The second kappa shape index (κ2) is 7.43. The Morgan fingerprint density at radius 3 is 2.50 bits per heavy atom. The molecule has 1 amide bonds. The van der Waals surface area contributed by atoms with E-state index in [0.29, 0.717) is 13.1 Å². The molecule has 6 nitrogen and oxygen atoms in total. The van der Waals surface area contributed by atoms with E-state index in [-0.39, 0.29) is 24.4 Å². The molecule has 1 aromatic carbocycles. The molecule has 0 unspecified atom stereocenters. The Hall–Kier alpha value is -1.09. The topological polar surface area (TPSA) is 72.3 Å². The fourth-order valence-corrected chi connectivity index (χ4v) is 4.94. The SMILES string of the molecule is CCN(CC)C(=O)n1cc(Br)c(S(=O)(=O)c2cc(Cl)ccc2Cl)n1. The fourth-order valence-electron chi connectivity index (χ4n) is 2.04. The summed E-state index contributed by atoms with van der Waals surface area (Å²) in [4.78, 5) is 13.7. The number of carbonyl (C=O) groups is 1. The number of benzene rings is 1. The van der Waals surface area contributed by atoms with Crippen LogP contribution in [0.1, 0.15) is 13.8 Å². The van der Waals surface area contributed by atoms with Crippen LogP contribution < -0.4 is 0 Å². The predicted octanol–water partition coefficient (Wildman–Crippen LogP) is 4.10. The molecule has 0 aliphatic rings. The fraction of sp³-hybridized carbons (Fsp3) is 0.286. The molecule has 2 aromatic rings. The third-order valence-corrected chi connectivity index (χ3v) is 6.55. The summed E-state index contributed by atoms with van der Waals surface area (Å²) in [5.74, 6) is 0. The number of carbonyl (C=O) groups excluding carboxylic acids is 1. The molecule has 0 aliphatic heterocycles. The van der Waals surface area contributed by atoms with Gasteiger partial charge in [-0.25, -0.2) is 13.2 Å². The van der Waals surface area contributed by atoms with Gasteiger partial charge in [-0.05, 0) is 48.0 Å². The molecular weight excluding hydrogens is 441 g/mol. The highest BCUT2D eigenvalue weighted by Crippen LogP contribution is 2.32. The van der Waals surface area contributed by atoms with E-state index in [2.05, 4.69) is 21.0 Å². The number of nitrogens with zero attached hydrogens (tertiary/aromatic N) is 3. The van der Waals surface area contributed by atoms with Crippen molar-refractivity contribution in [2.24, 2.45) is 0 Å². The van der Waals surface area contributed by atoms with Gasteiger partial charge in [-0.1, -0.05) is 23.2 Å². The molecule has 24 heavy (non-hydrogen) atoms. The lowest BCUT2D eigenvalue weighted by Gasteiger charge is -2.17. The highest BCUT2D eigenvalue weighted by Gasteiger charge is 2.29. The molecule has 130 valence electrons. The van der Waals surface area contributed by atoms with E-state index in [1.54, 1.807) is 0 Å². The summed E-state index contributed by atoms with van der Waals surface area (Å²) in [7, 11) is -4.04. The molecule has 0 aliphatic carbocycles. The van der Waals surface area contributed by atoms with Crippen LogP contribution in [0.4, 0.5) is 4.79 Å². The zero-order chi connectivity index (χ0) is 18.1. The molecule has 1 aromatic heterocycles. The number of rotatable bonds is 4. The van der Waals surface area contributed by atoms with Crippen molar-refractivity contribution in [2.45, 2.75) is 23.8 Å². The molecule has 0 radical (unpaired) electrons. The Bertz CT molecular complexity index is 879. The third kappa shape index (κ3) is 3.61. The maximum Gasteiger partial charge on any atom is 0.344 e. The van der Waals surface area contributed by atoms with Crippen LogP contribution in [0.25, 0.3) is 0 Å². The Balaban J connectivity index is 2.53. The van der Waals surface area contributed by atoms with Crippen molar-refractivity contribution in [1.82, 2.24) is 14.7 Å². The van der Waals surface area contributed by atoms with E-state index in [1.165, 1.54) is 29.3 Å². The average Bonchev–Trinajstić information content (AvgIpc) is 2.93. The van der Waals surface area contributed by atoms with Crippen LogP contribution in [0.3, 0.4) is 0 Å². The van der Waals surface area contributed by atoms with Gasteiger partial charge in [-0.15, -0.1) is 0 Å². The summed E-state index contributed by atoms with van der Waals surface area (Å²) in [6, 6.07) is 3.71. The van der Waals surface area contributed by atoms with Crippen LogP contribution in [-0.4, -0.2) is 42.2 Å². The molecule has 1 heterocycles. The molecule has 0 atom stereocenters. The van der Waals surface area contributed by atoms with Gasteiger partial charge >= 0.3 is 6.03 Å². The third-order valence-electron chi connectivity index (χ3n) is 3.31. The van der Waals surface area contributed by atoms with Crippen molar-refractivity contribution < 1.29 is 13.2 Å². The van der Waals surface area contributed by atoms with Crippen LogP contribution in [0.5, 0.6) is 0 Å². The van der Waals surface area contributed by atoms with Gasteiger partial charge in [0.1, 0.15) is 0 Å². The van der Waals surface area contributed by atoms with Crippen molar-refractivity contribution in [3.63, 3.8) is 0 Å². The van der Waals surface area contributed by atoms with Crippen molar-refractivity contribution in [2.75, 3.05) is 13.1 Å². The summed E-state index contributed by atoms with van der Waals surface area (Å²) in [5.41, 5.74) is 0. The van der Waals surface area contributed by atoms with Gasteiger partial charge < -0.3 is 4.90 Å². The first-order valence-electron chi connectivity index (χ1n) is 6.97. The lowest BCUT2D eigenvalue weighted by molar-refractivity contribution is 0.201. The quantitative estimate of drug-likeness (QED) is 0.697. The van der Waals surface area contributed by atoms with Gasteiger partial charge in [0, 0.05) is 18.1 Å². The normalized spacial score (nSPS) is 11.5. The van der Waals surface area contributed by atoms with Crippen LogP contribution >= 0.6 is 39.1 Å². The summed E-state index contributed by atoms with van der Waals surface area (Å²) >= 11 is 15.0. The molecule has 10 heteroatoms. The van der Waals surface area contributed by atoms with Crippen LogP contribution in [0.2, 0.25) is 10.0 Å². The highest BCUT2D eigenvalue weighted by atomic mass is 79.9. The second-order valence-electron chi connectivity index (χ2n) is 4.76. The van der Waals surface area contributed by atoms with Gasteiger partial charge in [0.2, 0.25) is 9.84 Å². The predicted molar refractivity (Wildman–Crippen MR) is 95.6 cm³/mol. The van der Waals surface area contributed by atoms with Crippen molar-refractivity contribution in [1.29, 1.82) is 0 Å². The minimum atomic E-state index is -4.04. The van der Waals surface area contributed by atoms with Gasteiger partial charge in [0.05, 0.1) is 20.6 Å². The Morgan fingerprint density at radius 2 is 1.92 bits per heavy atom.